The first-order valence-corrected chi connectivity index (χ1v) is 9.06. The van der Waals surface area contributed by atoms with Crippen molar-refractivity contribution in [1.29, 1.82) is 0 Å². The number of carbonyl (C=O) groups excluding carboxylic acids is 1. The zero-order chi connectivity index (χ0) is 20.1. The summed E-state index contributed by atoms with van der Waals surface area (Å²) < 4.78 is 7.57. The molecule has 144 valence electrons. The van der Waals surface area contributed by atoms with Crippen LogP contribution in [0.15, 0.2) is 85.2 Å². The third-order valence-electron chi connectivity index (χ3n) is 4.22. The number of hydrogen-bond donors (Lipinski definition) is 2. The van der Waals surface area contributed by atoms with Crippen molar-refractivity contribution in [2.45, 2.75) is 6.92 Å². The van der Waals surface area contributed by atoms with Crippen LogP contribution in [0.3, 0.4) is 0 Å². The number of amides is 2. The quantitative estimate of drug-likeness (QED) is 0.506. The molecule has 4 aromatic rings. The number of benzene rings is 2. The van der Waals surface area contributed by atoms with Crippen molar-refractivity contribution in [3.05, 3.63) is 90.8 Å². The van der Waals surface area contributed by atoms with Crippen molar-refractivity contribution in [3.63, 3.8) is 0 Å². The van der Waals surface area contributed by atoms with Gasteiger partial charge in [0.25, 0.3) is 0 Å². The Labute approximate surface area is 168 Å². The predicted molar refractivity (Wildman–Crippen MR) is 112 cm³/mol. The first-order chi connectivity index (χ1) is 14.2. The Bertz CT molecular complexity index is 1090. The Morgan fingerprint density at radius 2 is 1.62 bits per heavy atom. The predicted octanol–water partition coefficient (Wildman–Crippen LogP) is 5.01. The molecule has 4 rings (SSSR count). The number of hydrogen-bond acceptors (Lipinski definition) is 4. The molecule has 0 bridgehead atoms. The number of aryl methyl sites for hydroxylation is 1. The highest BCUT2D eigenvalue weighted by Gasteiger charge is 2.06. The van der Waals surface area contributed by atoms with Gasteiger partial charge >= 0.3 is 6.03 Å². The lowest BCUT2D eigenvalue weighted by atomic mass is 10.2. The van der Waals surface area contributed by atoms with Gasteiger partial charge in [-0.2, -0.15) is 0 Å². The lowest BCUT2D eigenvalue weighted by molar-refractivity contribution is 0.262. The highest BCUT2D eigenvalue weighted by Crippen LogP contribution is 2.22. The van der Waals surface area contributed by atoms with Crippen molar-refractivity contribution in [1.82, 2.24) is 14.8 Å². The summed E-state index contributed by atoms with van der Waals surface area (Å²) in [5.74, 6) is 1.69. The van der Waals surface area contributed by atoms with Crippen LogP contribution < -0.4 is 15.4 Å². The van der Waals surface area contributed by atoms with Crippen LogP contribution in [0.4, 0.5) is 16.2 Å². The molecular weight excluding hydrogens is 366 g/mol. The molecule has 0 spiro atoms. The van der Waals surface area contributed by atoms with Crippen molar-refractivity contribution in [3.8, 4) is 17.4 Å². The minimum absolute atomic E-state index is 0.306. The molecule has 7 heteroatoms. The fraction of sp³-hybridized carbons (Fsp3) is 0.0455. The Kier molecular flexibility index (Phi) is 5.20. The number of ether oxygens (including phenoxy) is 1. The number of aromatic nitrogens is 3. The number of nitrogens with zero attached hydrogens (tertiary/aromatic N) is 3. The van der Waals surface area contributed by atoms with E-state index in [2.05, 4.69) is 20.8 Å². The second-order valence-electron chi connectivity index (χ2n) is 6.34. The number of para-hydroxylation sites is 1. The molecule has 0 radical (unpaired) electrons. The average Bonchev–Trinajstić information content (AvgIpc) is 3.27. The van der Waals surface area contributed by atoms with Crippen LogP contribution in [0.5, 0.6) is 11.6 Å². The summed E-state index contributed by atoms with van der Waals surface area (Å²) >= 11 is 0. The normalized spacial score (nSPS) is 10.4. The zero-order valence-electron chi connectivity index (χ0n) is 15.7. The monoisotopic (exact) mass is 385 g/mol. The van der Waals surface area contributed by atoms with Crippen molar-refractivity contribution in [2.75, 3.05) is 10.6 Å². The van der Waals surface area contributed by atoms with Gasteiger partial charge in [-0.1, -0.05) is 18.2 Å². The molecule has 29 heavy (non-hydrogen) atoms. The van der Waals surface area contributed by atoms with Crippen LogP contribution in [0, 0.1) is 6.92 Å². The fourth-order valence-electron chi connectivity index (χ4n) is 2.72. The van der Waals surface area contributed by atoms with Gasteiger partial charge < -0.3 is 19.9 Å². The summed E-state index contributed by atoms with van der Waals surface area (Å²) in [5.41, 5.74) is 2.42. The molecule has 0 fully saturated rings. The third kappa shape index (κ3) is 4.59. The fourth-order valence-corrected chi connectivity index (χ4v) is 2.72. The Morgan fingerprint density at radius 1 is 0.862 bits per heavy atom. The van der Waals surface area contributed by atoms with Gasteiger partial charge in [0.2, 0.25) is 5.88 Å². The molecule has 2 N–H and O–H groups in total. The summed E-state index contributed by atoms with van der Waals surface area (Å²) in [6, 6.07) is 21.7. The summed E-state index contributed by atoms with van der Waals surface area (Å²) in [6.45, 7) is 1.94. The molecule has 0 saturated carbocycles. The number of carbonyl (C=O) groups is 1. The first kappa shape index (κ1) is 18.2. The molecule has 0 aliphatic heterocycles. The second-order valence-corrected chi connectivity index (χ2v) is 6.34. The van der Waals surface area contributed by atoms with Gasteiger partial charge in [-0.05, 0) is 61.0 Å². The number of anilines is 2. The maximum atomic E-state index is 12.2. The summed E-state index contributed by atoms with van der Waals surface area (Å²) in [6.07, 6.45) is 3.79. The highest BCUT2D eigenvalue weighted by molar-refractivity contribution is 6.00. The van der Waals surface area contributed by atoms with Crippen molar-refractivity contribution in [2.24, 2.45) is 0 Å². The minimum atomic E-state index is -0.306. The van der Waals surface area contributed by atoms with Crippen LogP contribution in [0.1, 0.15) is 5.56 Å². The molecule has 2 aromatic carbocycles. The van der Waals surface area contributed by atoms with Gasteiger partial charge in [0.15, 0.2) is 5.82 Å². The van der Waals surface area contributed by atoms with E-state index in [9.17, 15) is 4.79 Å². The van der Waals surface area contributed by atoms with Gasteiger partial charge in [-0.3, -0.25) is 0 Å². The van der Waals surface area contributed by atoms with Gasteiger partial charge in [-0.25, -0.2) is 4.79 Å². The summed E-state index contributed by atoms with van der Waals surface area (Å²) in [4.78, 5) is 12.2. The molecule has 7 nitrogen and oxygen atoms in total. The van der Waals surface area contributed by atoms with Gasteiger partial charge in [0.1, 0.15) is 5.75 Å². The molecule has 2 heterocycles. The van der Waals surface area contributed by atoms with Crippen LogP contribution in [0.25, 0.3) is 5.82 Å². The van der Waals surface area contributed by atoms with E-state index >= 15 is 0 Å². The van der Waals surface area contributed by atoms with E-state index < -0.39 is 0 Å². The van der Waals surface area contributed by atoms with E-state index in [0.717, 1.165) is 11.3 Å². The van der Waals surface area contributed by atoms with Gasteiger partial charge in [-0.15, -0.1) is 10.2 Å². The van der Waals surface area contributed by atoms with E-state index in [4.69, 9.17) is 4.74 Å². The third-order valence-corrected chi connectivity index (χ3v) is 4.22. The number of rotatable bonds is 5. The standard InChI is InChI=1S/C22H19N5O2/c1-16-6-2-3-7-19(16)24-22(28)23-17-8-10-18(11-9-17)29-21-13-12-20(25-26-21)27-14-4-5-15-27/h2-15H,1H3,(H2,23,24,28). The molecule has 2 aromatic heterocycles. The van der Waals surface area contributed by atoms with E-state index in [-0.39, 0.29) is 6.03 Å². The number of nitrogens with one attached hydrogen (secondary N) is 2. The summed E-state index contributed by atoms with van der Waals surface area (Å²) in [5, 5.41) is 13.9. The molecule has 0 saturated heterocycles. The molecule has 0 unspecified atom stereocenters. The lowest BCUT2D eigenvalue weighted by Crippen LogP contribution is -2.19. The molecule has 2 amide bonds. The van der Waals surface area contributed by atoms with E-state index in [0.29, 0.717) is 23.1 Å². The Balaban J connectivity index is 1.35. The van der Waals surface area contributed by atoms with Crippen LogP contribution in [-0.2, 0) is 0 Å². The maximum absolute atomic E-state index is 12.2. The minimum Gasteiger partial charge on any atom is -0.438 e. The number of urea groups is 1. The smallest absolute Gasteiger partial charge is 0.323 e. The maximum Gasteiger partial charge on any atom is 0.323 e. The highest BCUT2D eigenvalue weighted by atomic mass is 16.5. The first-order valence-electron chi connectivity index (χ1n) is 9.06. The lowest BCUT2D eigenvalue weighted by Gasteiger charge is -2.10. The van der Waals surface area contributed by atoms with Gasteiger partial charge in [0.05, 0.1) is 0 Å². The van der Waals surface area contributed by atoms with Crippen molar-refractivity contribution < 1.29 is 9.53 Å². The largest absolute Gasteiger partial charge is 0.438 e. The Morgan fingerprint density at radius 3 is 2.31 bits per heavy atom. The summed E-state index contributed by atoms with van der Waals surface area (Å²) in [7, 11) is 0. The van der Waals surface area contributed by atoms with Crippen molar-refractivity contribution >= 4 is 17.4 Å². The topological polar surface area (TPSA) is 81.1 Å². The van der Waals surface area contributed by atoms with Gasteiger partial charge in [0, 0.05) is 29.8 Å². The van der Waals surface area contributed by atoms with E-state index in [1.54, 1.807) is 30.3 Å². The SMILES string of the molecule is Cc1ccccc1NC(=O)Nc1ccc(Oc2ccc(-n3cccc3)nn2)cc1. The second kappa shape index (κ2) is 8.26. The zero-order valence-corrected chi connectivity index (χ0v) is 15.7. The van der Waals surface area contributed by atoms with E-state index in [1.165, 1.54) is 0 Å². The van der Waals surface area contributed by atoms with E-state index in [1.807, 2.05) is 66.3 Å². The molecular formula is C22H19N5O2. The molecule has 0 aliphatic rings. The molecule has 0 atom stereocenters. The molecule has 0 aliphatic carbocycles. The Hall–Kier alpha value is -4.13. The van der Waals surface area contributed by atoms with Crippen LogP contribution >= 0.6 is 0 Å². The van der Waals surface area contributed by atoms with Crippen LogP contribution in [0.2, 0.25) is 0 Å². The van der Waals surface area contributed by atoms with Crippen LogP contribution in [-0.4, -0.2) is 20.8 Å². The average molecular weight is 385 g/mol.